The van der Waals surface area contributed by atoms with E-state index in [9.17, 15) is 4.39 Å². The van der Waals surface area contributed by atoms with Gasteiger partial charge in [-0.25, -0.2) is 9.37 Å². The van der Waals surface area contributed by atoms with Crippen molar-refractivity contribution in [2.24, 2.45) is 0 Å². The third-order valence-corrected chi connectivity index (χ3v) is 4.25. The fraction of sp³-hybridized carbons (Fsp3) is 0.444. The summed E-state index contributed by atoms with van der Waals surface area (Å²) in [7, 11) is 1.69. The lowest BCUT2D eigenvalue weighted by Gasteiger charge is -2.36. The van der Waals surface area contributed by atoms with E-state index in [1.54, 1.807) is 19.4 Å². The lowest BCUT2D eigenvalue weighted by atomic mass is 10.2. The molecule has 0 amide bonds. The summed E-state index contributed by atoms with van der Waals surface area (Å²) in [6.07, 6.45) is 2.68. The van der Waals surface area contributed by atoms with Crippen LogP contribution in [-0.2, 0) is 4.74 Å². The van der Waals surface area contributed by atoms with E-state index in [2.05, 4.69) is 25.1 Å². The summed E-state index contributed by atoms with van der Waals surface area (Å²) in [4.78, 5) is 13.1. The first-order valence-corrected chi connectivity index (χ1v) is 8.58. The number of aromatic nitrogens is 2. The Bertz CT molecular complexity index is 676. The Balaban J connectivity index is 1.56. The molecule has 1 N–H and O–H groups in total. The highest BCUT2D eigenvalue weighted by molar-refractivity contribution is 5.51. The van der Waals surface area contributed by atoms with Crippen molar-refractivity contribution in [1.82, 2.24) is 9.97 Å². The van der Waals surface area contributed by atoms with Crippen molar-refractivity contribution >= 4 is 17.5 Å². The van der Waals surface area contributed by atoms with Crippen LogP contribution in [0.1, 0.15) is 6.42 Å². The van der Waals surface area contributed by atoms with Gasteiger partial charge in [-0.2, -0.15) is 4.98 Å². The highest BCUT2D eigenvalue weighted by Gasteiger charge is 2.20. The molecule has 2 aromatic rings. The molecule has 1 aliphatic rings. The number of nitrogens with zero attached hydrogens (tertiary/aromatic N) is 4. The number of methoxy groups -OCH3 is 1. The molecule has 1 aliphatic heterocycles. The van der Waals surface area contributed by atoms with Crippen LogP contribution in [0.25, 0.3) is 0 Å². The molecule has 2 heterocycles. The van der Waals surface area contributed by atoms with Gasteiger partial charge in [0.15, 0.2) is 0 Å². The van der Waals surface area contributed by atoms with Crippen molar-refractivity contribution in [2.45, 2.75) is 6.42 Å². The van der Waals surface area contributed by atoms with Crippen LogP contribution in [0.4, 0.5) is 21.8 Å². The van der Waals surface area contributed by atoms with Crippen LogP contribution in [0.15, 0.2) is 36.5 Å². The number of hydrogen-bond donors (Lipinski definition) is 1. The van der Waals surface area contributed by atoms with Crippen LogP contribution in [0.3, 0.4) is 0 Å². The number of anilines is 3. The van der Waals surface area contributed by atoms with Crippen molar-refractivity contribution in [3.05, 3.63) is 42.3 Å². The van der Waals surface area contributed by atoms with Crippen LogP contribution in [0.2, 0.25) is 0 Å². The minimum atomic E-state index is -0.166. The summed E-state index contributed by atoms with van der Waals surface area (Å²) < 4.78 is 19.0. The molecule has 0 saturated carbocycles. The Morgan fingerprint density at radius 1 is 1.12 bits per heavy atom. The molecule has 1 saturated heterocycles. The van der Waals surface area contributed by atoms with Crippen LogP contribution in [0, 0.1) is 5.82 Å². The second-order valence-electron chi connectivity index (χ2n) is 5.94. The van der Waals surface area contributed by atoms with Crippen LogP contribution in [0.5, 0.6) is 0 Å². The summed E-state index contributed by atoms with van der Waals surface area (Å²) in [6.45, 7) is 4.62. The van der Waals surface area contributed by atoms with E-state index in [4.69, 9.17) is 4.74 Å². The molecule has 0 unspecified atom stereocenters. The average molecular weight is 345 g/mol. The number of para-hydroxylation sites is 1. The first-order chi connectivity index (χ1) is 12.3. The summed E-state index contributed by atoms with van der Waals surface area (Å²) in [6, 6.07) is 8.85. The summed E-state index contributed by atoms with van der Waals surface area (Å²) in [5.74, 6) is 1.36. The number of benzene rings is 1. The predicted octanol–water partition coefficient (Wildman–Crippen LogP) is 2.39. The van der Waals surface area contributed by atoms with Gasteiger partial charge in [0.1, 0.15) is 11.6 Å². The first-order valence-electron chi connectivity index (χ1n) is 8.58. The maximum atomic E-state index is 13.9. The lowest BCUT2D eigenvalue weighted by molar-refractivity contribution is 0.197. The quantitative estimate of drug-likeness (QED) is 0.778. The molecular weight excluding hydrogens is 321 g/mol. The van der Waals surface area contributed by atoms with Gasteiger partial charge in [-0.15, -0.1) is 0 Å². The molecular formula is C18H24FN5O. The van der Waals surface area contributed by atoms with Crippen LogP contribution < -0.4 is 15.1 Å². The Kier molecular flexibility index (Phi) is 6.00. The van der Waals surface area contributed by atoms with Gasteiger partial charge in [0, 0.05) is 52.6 Å². The van der Waals surface area contributed by atoms with E-state index in [-0.39, 0.29) is 5.82 Å². The van der Waals surface area contributed by atoms with Gasteiger partial charge in [-0.3, -0.25) is 0 Å². The summed E-state index contributed by atoms with van der Waals surface area (Å²) in [5.41, 5.74) is 0.672. The summed E-state index contributed by atoms with van der Waals surface area (Å²) in [5, 5.41) is 3.21. The van der Waals surface area contributed by atoms with E-state index in [1.807, 2.05) is 18.2 Å². The molecule has 3 rings (SSSR count). The van der Waals surface area contributed by atoms with Crippen molar-refractivity contribution in [3.8, 4) is 0 Å². The highest BCUT2D eigenvalue weighted by Crippen LogP contribution is 2.22. The molecule has 0 bridgehead atoms. The first kappa shape index (κ1) is 17.4. The minimum Gasteiger partial charge on any atom is -0.385 e. The molecule has 0 radical (unpaired) electrons. The molecule has 0 aliphatic carbocycles. The SMILES string of the molecule is COCCCNc1nccc(N2CCN(c3ccccc3F)CC2)n1. The molecule has 1 fully saturated rings. The normalized spacial score (nSPS) is 14.6. The van der Waals surface area contributed by atoms with Crippen molar-refractivity contribution < 1.29 is 9.13 Å². The third kappa shape index (κ3) is 4.57. The fourth-order valence-corrected chi connectivity index (χ4v) is 2.91. The van der Waals surface area contributed by atoms with Crippen molar-refractivity contribution in [2.75, 3.05) is 61.6 Å². The Morgan fingerprint density at radius 2 is 1.88 bits per heavy atom. The maximum Gasteiger partial charge on any atom is 0.224 e. The van der Waals surface area contributed by atoms with Gasteiger partial charge >= 0.3 is 0 Å². The lowest BCUT2D eigenvalue weighted by Crippen LogP contribution is -2.47. The number of halogens is 1. The monoisotopic (exact) mass is 345 g/mol. The van der Waals surface area contributed by atoms with E-state index in [0.29, 0.717) is 18.2 Å². The fourth-order valence-electron chi connectivity index (χ4n) is 2.91. The third-order valence-electron chi connectivity index (χ3n) is 4.25. The Hall–Kier alpha value is -2.41. The standard InChI is InChI=1S/C18H24FN5O/c1-25-14-4-8-20-18-21-9-7-17(22-18)24-12-10-23(11-13-24)16-6-3-2-5-15(16)19/h2-3,5-7,9H,4,8,10-14H2,1H3,(H,20,21,22). The van der Waals surface area contributed by atoms with Crippen molar-refractivity contribution in [1.29, 1.82) is 0 Å². The largest absolute Gasteiger partial charge is 0.385 e. The van der Waals surface area contributed by atoms with Gasteiger partial charge in [-0.1, -0.05) is 12.1 Å². The van der Waals surface area contributed by atoms with E-state index >= 15 is 0 Å². The molecule has 7 heteroatoms. The molecule has 134 valence electrons. The van der Waals surface area contributed by atoms with Gasteiger partial charge in [0.05, 0.1) is 5.69 Å². The van der Waals surface area contributed by atoms with Gasteiger partial charge in [0.2, 0.25) is 5.95 Å². The molecule has 0 spiro atoms. The minimum absolute atomic E-state index is 0.166. The predicted molar refractivity (Wildman–Crippen MR) is 97.8 cm³/mol. The zero-order chi connectivity index (χ0) is 17.5. The smallest absolute Gasteiger partial charge is 0.224 e. The zero-order valence-electron chi connectivity index (χ0n) is 14.5. The molecule has 1 aromatic heterocycles. The number of hydrogen-bond acceptors (Lipinski definition) is 6. The van der Waals surface area contributed by atoms with Crippen molar-refractivity contribution in [3.63, 3.8) is 0 Å². The number of piperazine rings is 1. The molecule has 6 nitrogen and oxygen atoms in total. The van der Waals surface area contributed by atoms with E-state index < -0.39 is 0 Å². The maximum absolute atomic E-state index is 13.9. The van der Waals surface area contributed by atoms with Gasteiger partial charge in [0.25, 0.3) is 0 Å². The zero-order valence-corrected chi connectivity index (χ0v) is 14.5. The van der Waals surface area contributed by atoms with E-state index in [0.717, 1.165) is 45.0 Å². The number of rotatable bonds is 7. The topological polar surface area (TPSA) is 53.5 Å². The van der Waals surface area contributed by atoms with Crippen LogP contribution in [-0.4, -0.2) is 56.4 Å². The molecule has 1 aromatic carbocycles. The van der Waals surface area contributed by atoms with Gasteiger partial charge in [-0.05, 0) is 24.6 Å². The second kappa shape index (κ2) is 8.62. The number of ether oxygens (including phenoxy) is 1. The van der Waals surface area contributed by atoms with Crippen LogP contribution >= 0.6 is 0 Å². The molecule has 25 heavy (non-hydrogen) atoms. The molecule has 0 atom stereocenters. The highest BCUT2D eigenvalue weighted by atomic mass is 19.1. The van der Waals surface area contributed by atoms with Gasteiger partial charge < -0.3 is 19.9 Å². The second-order valence-corrected chi connectivity index (χ2v) is 5.94. The van der Waals surface area contributed by atoms with E-state index in [1.165, 1.54) is 6.07 Å². The Morgan fingerprint density at radius 3 is 2.64 bits per heavy atom. The average Bonchev–Trinajstić information content (AvgIpc) is 2.66. The summed E-state index contributed by atoms with van der Waals surface area (Å²) >= 11 is 0. The Labute approximate surface area is 147 Å². The number of nitrogens with one attached hydrogen (secondary N) is 1.